The van der Waals surface area contributed by atoms with Crippen molar-refractivity contribution >= 4 is 15.9 Å². The Hall–Kier alpha value is -1.34. The molecule has 2 aromatic rings. The highest BCUT2D eigenvalue weighted by molar-refractivity contribution is 9.10. The fourth-order valence-electron chi connectivity index (χ4n) is 1.93. The fourth-order valence-corrected chi connectivity index (χ4v) is 2.32. The Bertz CT molecular complexity index is 620. The van der Waals surface area contributed by atoms with E-state index < -0.39 is 11.9 Å². The van der Waals surface area contributed by atoms with E-state index >= 15 is 0 Å². The predicted octanol–water partition coefficient (Wildman–Crippen LogP) is 4.15. The van der Waals surface area contributed by atoms with Gasteiger partial charge in [-0.3, -0.25) is 0 Å². The minimum Gasteiger partial charge on any atom is -0.310 e. The molecule has 7 heteroatoms. The molecule has 1 aromatic heterocycles. The van der Waals surface area contributed by atoms with Gasteiger partial charge in [-0.15, -0.1) is 0 Å². The zero-order chi connectivity index (χ0) is 15.6. The lowest BCUT2D eigenvalue weighted by molar-refractivity contribution is -0.143. The molecule has 0 saturated heterocycles. The van der Waals surface area contributed by atoms with Gasteiger partial charge in [0.2, 0.25) is 0 Å². The average Bonchev–Trinajstić information content (AvgIpc) is 2.80. The molecule has 0 fully saturated rings. The van der Waals surface area contributed by atoms with Gasteiger partial charge in [-0.05, 0) is 18.2 Å². The molecule has 114 valence electrons. The van der Waals surface area contributed by atoms with Gasteiger partial charge in [0.25, 0.3) is 0 Å². The molecule has 1 heterocycles. The van der Waals surface area contributed by atoms with Crippen LogP contribution < -0.4 is 5.32 Å². The van der Waals surface area contributed by atoms with Crippen LogP contribution in [-0.2, 0) is 12.7 Å². The van der Waals surface area contributed by atoms with E-state index in [1.54, 1.807) is 24.3 Å². The molecule has 0 radical (unpaired) electrons. The van der Waals surface area contributed by atoms with Crippen LogP contribution in [0.2, 0.25) is 0 Å². The van der Waals surface area contributed by atoms with Gasteiger partial charge in [0.05, 0.1) is 11.9 Å². The van der Waals surface area contributed by atoms with Gasteiger partial charge in [0.1, 0.15) is 0 Å². The van der Waals surface area contributed by atoms with Crippen molar-refractivity contribution in [3.8, 4) is 5.69 Å². The first-order valence-electron chi connectivity index (χ1n) is 6.42. The van der Waals surface area contributed by atoms with Crippen molar-refractivity contribution in [3.63, 3.8) is 0 Å². The zero-order valence-corrected chi connectivity index (χ0v) is 13.2. The van der Waals surface area contributed by atoms with E-state index in [9.17, 15) is 13.2 Å². The van der Waals surface area contributed by atoms with Gasteiger partial charge >= 0.3 is 6.18 Å². The van der Waals surface area contributed by atoms with Crippen LogP contribution in [0.15, 0.2) is 34.9 Å². The third-order valence-corrected chi connectivity index (χ3v) is 3.36. The minimum absolute atomic E-state index is 0.0975. The summed E-state index contributed by atoms with van der Waals surface area (Å²) in [7, 11) is 0. The number of alkyl halides is 3. The average molecular weight is 362 g/mol. The second-order valence-electron chi connectivity index (χ2n) is 4.94. The lowest BCUT2D eigenvalue weighted by atomic mass is 10.2. The molecule has 1 aromatic carbocycles. The Morgan fingerprint density at radius 1 is 1.33 bits per heavy atom. The van der Waals surface area contributed by atoms with E-state index in [1.807, 2.05) is 13.8 Å². The molecule has 0 saturated carbocycles. The highest BCUT2D eigenvalue weighted by atomic mass is 79.9. The molecule has 0 amide bonds. The number of halogens is 4. The molecule has 21 heavy (non-hydrogen) atoms. The first kappa shape index (κ1) is 16.0. The van der Waals surface area contributed by atoms with Crippen LogP contribution >= 0.6 is 15.9 Å². The molecule has 0 unspecified atom stereocenters. The SMILES string of the molecule is CC(C)NCc1cnn(-c2cccc(Br)c2)c1C(F)(F)F. The topological polar surface area (TPSA) is 29.9 Å². The van der Waals surface area contributed by atoms with Crippen molar-refractivity contribution in [2.24, 2.45) is 0 Å². The summed E-state index contributed by atoms with van der Waals surface area (Å²) in [6, 6.07) is 6.71. The molecule has 0 atom stereocenters. The number of aromatic nitrogens is 2. The highest BCUT2D eigenvalue weighted by Crippen LogP contribution is 2.34. The first-order valence-corrected chi connectivity index (χ1v) is 7.21. The molecule has 3 nitrogen and oxygen atoms in total. The zero-order valence-electron chi connectivity index (χ0n) is 11.6. The number of benzene rings is 1. The van der Waals surface area contributed by atoms with Crippen molar-refractivity contribution in [2.75, 3.05) is 0 Å². The molecule has 0 aliphatic carbocycles. The molecular formula is C14H15BrF3N3. The third kappa shape index (κ3) is 3.85. The summed E-state index contributed by atoms with van der Waals surface area (Å²) >= 11 is 3.26. The molecule has 0 aliphatic heterocycles. The minimum atomic E-state index is -4.47. The van der Waals surface area contributed by atoms with Gasteiger partial charge in [-0.1, -0.05) is 35.8 Å². The summed E-state index contributed by atoms with van der Waals surface area (Å²) in [5.41, 5.74) is -0.238. The second-order valence-corrected chi connectivity index (χ2v) is 5.86. The summed E-state index contributed by atoms with van der Waals surface area (Å²) in [4.78, 5) is 0. The number of nitrogens with zero attached hydrogens (tertiary/aromatic N) is 2. The molecule has 0 bridgehead atoms. The van der Waals surface area contributed by atoms with Gasteiger partial charge in [0, 0.05) is 22.6 Å². The van der Waals surface area contributed by atoms with Gasteiger partial charge in [-0.25, -0.2) is 4.68 Å². The third-order valence-electron chi connectivity index (χ3n) is 2.87. The van der Waals surface area contributed by atoms with Crippen LogP contribution in [0.1, 0.15) is 25.1 Å². The number of hydrogen-bond acceptors (Lipinski definition) is 2. The van der Waals surface area contributed by atoms with E-state index in [-0.39, 0.29) is 18.2 Å². The monoisotopic (exact) mass is 361 g/mol. The van der Waals surface area contributed by atoms with Crippen molar-refractivity contribution in [1.29, 1.82) is 0 Å². The first-order chi connectivity index (χ1) is 9.79. The molecule has 0 aliphatic rings. The Morgan fingerprint density at radius 3 is 2.62 bits per heavy atom. The predicted molar refractivity (Wildman–Crippen MR) is 78.2 cm³/mol. The molecule has 2 rings (SSSR count). The number of rotatable bonds is 4. The summed E-state index contributed by atoms with van der Waals surface area (Å²) in [6.45, 7) is 3.89. The Morgan fingerprint density at radius 2 is 2.05 bits per heavy atom. The largest absolute Gasteiger partial charge is 0.433 e. The highest BCUT2D eigenvalue weighted by Gasteiger charge is 2.38. The van der Waals surface area contributed by atoms with Crippen molar-refractivity contribution in [2.45, 2.75) is 32.6 Å². The van der Waals surface area contributed by atoms with Gasteiger partial charge in [-0.2, -0.15) is 18.3 Å². The fraction of sp³-hybridized carbons (Fsp3) is 0.357. The van der Waals surface area contributed by atoms with Crippen LogP contribution in [0.25, 0.3) is 5.69 Å². The summed E-state index contributed by atoms with van der Waals surface area (Å²) in [5, 5.41) is 6.90. The molecule has 1 N–H and O–H groups in total. The summed E-state index contributed by atoms with van der Waals surface area (Å²) in [5.74, 6) is 0. The van der Waals surface area contributed by atoms with E-state index in [1.165, 1.54) is 6.20 Å². The van der Waals surface area contributed by atoms with E-state index in [0.717, 1.165) is 4.68 Å². The van der Waals surface area contributed by atoms with Gasteiger partial charge < -0.3 is 5.32 Å². The molecular weight excluding hydrogens is 347 g/mol. The van der Waals surface area contributed by atoms with Crippen molar-refractivity contribution in [1.82, 2.24) is 15.1 Å². The normalized spacial score (nSPS) is 12.1. The van der Waals surface area contributed by atoms with Crippen molar-refractivity contribution < 1.29 is 13.2 Å². The maximum atomic E-state index is 13.4. The van der Waals surface area contributed by atoms with Gasteiger partial charge in [0.15, 0.2) is 5.69 Å². The quantitative estimate of drug-likeness (QED) is 0.886. The van der Waals surface area contributed by atoms with Crippen LogP contribution in [0.3, 0.4) is 0 Å². The summed E-state index contributed by atoms with van der Waals surface area (Å²) < 4.78 is 41.7. The van der Waals surface area contributed by atoms with E-state index in [2.05, 4.69) is 26.3 Å². The number of hydrogen-bond donors (Lipinski definition) is 1. The lowest BCUT2D eigenvalue weighted by Crippen LogP contribution is -2.24. The standard InChI is InChI=1S/C14H15BrF3N3/c1-9(2)19-7-10-8-20-21(13(10)14(16,17)18)12-5-3-4-11(15)6-12/h3-6,8-9,19H,7H2,1-2H3. The maximum absolute atomic E-state index is 13.4. The van der Waals surface area contributed by atoms with E-state index in [4.69, 9.17) is 0 Å². The van der Waals surface area contributed by atoms with Crippen LogP contribution in [0.5, 0.6) is 0 Å². The van der Waals surface area contributed by atoms with Crippen LogP contribution in [0.4, 0.5) is 13.2 Å². The smallest absolute Gasteiger partial charge is 0.310 e. The molecule has 0 spiro atoms. The van der Waals surface area contributed by atoms with Crippen LogP contribution in [0, 0.1) is 0 Å². The number of nitrogens with one attached hydrogen (secondary N) is 1. The second kappa shape index (κ2) is 6.19. The maximum Gasteiger partial charge on any atom is 0.433 e. The van der Waals surface area contributed by atoms with Crippen LogP contribution in [-0.4, -0.2) is 15.8 Å². The Labute approximate surface area is 129 Å². The summed E-state index contributed by atoms with van der Waals surface area (Å²) in [6.07, 6.45) is -3.20. The van der Waals surface area contributed by atoms with Crippen molar-refractivity contribution in [3.05, 3.63) is 46.2 Å². The lowest BCUT2D eigenvalue weighted by Gasteiger charge is -2.14. The Kier molecular flexibility index (Phi) is 4.73. The van der Waals surface area contributed by atoms with E-state index in [0.29, 0.717) is 10.2 Å². The Balaban J connectivity index is 2.47.